The lowest BCUT2D eigenvalue weighted by atomic mass is 9.79. The average molecular weight is 592 g/mol. The fraction of sp³-hybridized carbons (Fsp3) is 0.300. The predicted octanol–water partition coefficient (Wildman–Crippen LogP) is 3.51. The van der Waals surface area contributed by atoms with E-state index in [4.69, 9.17) is 4.74 Å². The number of hydrogen-bond donors (Lipinski definition) is 2. The van der Waals surface area contributed by atoms with Gasteiger partial charge >= 0.3 is 12.2 Å². The van der Waals surface area contributed by atoms with Gasteiger partial charge in [-0.15, -0.1) is 0 Å². The van der Waals surface area contributed by atoms with Crippen molar-refractivity contribution in [1.29, 1.82) is 0 Å². The van der Waals surface area contributed by atoms with Gasteiger partial charge < -0.3 is 15.4 Å². The van der Waals surface area contributed by atoms with Crippen LogP contribution in [-0.4, -0.2) is 64.4 Å². The van der Waals surface area contributed by atoms with E-state index in [2.05, 4.69) is 15.6 Å². The molecule has 13 heteroatoms. The average Bonchev–Trinajstić information content (AvgIpc) is 3.55. The first-order chi connectivity index (χ1) is 20.5. The Morgan fingerprint density at radius 1 is 1.02 bits per heavy atom. The van der Waals surface area contributed by atoms with Crippen LogP contribution < -0.4 is 15.4 Å². The molecule has 1 fully saturated rings. The number of fused-ring (bicyclic) bond motifs is 5. The Bertz CT molecular complexity index is 1730. The maximum Gasteiger partial charge on any atom is 0.406 e. The minimum absolute atomic E-state index is 0.0349. The van der Waals surface area contributed by atoms with Gasteiger partial charge in [0, 0.05) is 29.4 Å². The van der Waals surface area contributed by atoms with E-state index in [-0.39, 0.29) is 35.1 Å². The number of rotatable bonds is 4. The third-order valence-corrected chi connectivity index (χ3v) is 8.68. The molecule has 1 unspecified atom stereocenters. The Morgan fingerprint density at radius 2 is 1.79 bits per heavy atom. The fourth-order valence-electron chi connectivity index (χ4n) is 6.83. The second kappa shape index (κ2) is 9.28. The van der Waals surface area contributed by atoms with Gasteiger partial charge in [0.05, 0.1) is 12.0 Å². The molecule has 0 bridgehead atoms. The van der Waals surface area contributed by atoms with Crippen molar-refractivity contribution in [3.63, 3.8) is 0 Å². The molecular weight excluding hydrogens is 567 g/mol. The summed E-state index contributed by atoms with van der Waals surface area (Å²) < 4.78 is 45.9. The van der Waals surface area contributed by atoms with Crippen LogP contribution in [-0.2, 0) is 38.2 Å². The number of urea groups is 1. The SMILES string of the molecule is O=C(CN1C(=O)N(CC(F)(F)F)C(=O)C12CCOc1ccccc12)Nc1ccc2c(c1)C[C@@]1(C2)C(=O)Nc2ncccc21. The first kappa shape index (κ1) is 26.9. The highest BCUT2D eigenvalue weighted by molar-refractivity contribution is 6.10. The van der Waals surface area contributed by atoms with E-state index >= 15 is 0 Å². The molecular formula is C30H24F3N5O5. The summed E-state index contributed by atoms with van der Waals surface area (Å²) in [6.07, 6.45) is -2.48. The summed E-state index contributed by atoms with van der Waals surface area (Å²) >= 11 is 0. The molecule has 5 amide bonds. The number of aromatic nitrogens is 1. The van der Waals surface area contributed by atoms with E-state index in [1.54, 1.807) is 42.6 Å². The van der Waals surface area contributed by atoms with Crippen LogP contribution in [0.3, 0.4) is 0 Å². The molecule has 3 aromatic rings. The van der Waals surface area contributed by atoms with Gasteiger partial charge in [0.1, 0.15) is 24.7 Å². The molecule has 2 N–H and O–H groups in total. The molecule has 3 aliphatic heterocycles. The molecule has 2 atom stereocenters. The zero-order chi connectivity index (χ0) is 30.1. The summed E-state index contributed by atoms with van der Waals surface area (Å²) in [7, 11) is 0. The molecule has 2 spiro atoms. The molecule has 220 valence electrons. The molecule has 0 saturated carbocycles. The fourth-order valence-corrected chi connectivity index (χ4v) is 6.83. The van der Waals surface area contributed by atoms with Crippen LogP contribution in [0.2, 0.25) is 0 Å². The van der Waals surface area contributed by atoms with Crippen LogP contribution in [0.5, 0.6) is 5.75 Å². The highest BCUT2D eigenvalue weighted by atomic mass is 19.4. The van der Waals surface area contributed by atoms with Crippen molar-refractivity contribution in [1.82, 2.24) is 14.8 Å². The number of hydrogen-bond acceptors (Lipinski definition) is 6. The summed E-state index contributed by atoms with van der Waals surface area (Å²) in [6.45, 7) is -2.48. The van der Waals surface area contributed by atoms with Crippen LogP contribution >= 0.6 is 0 Å². The van der Waals surface area contributed by atoms with Crippen LogP contribution in [0.1, 0.15) is 28.7 Å². The number of para-hydroxylation sites is 1. The van der Waals surface area contributed by atoms with Gasteiger partial charge in [0.15, 0.2) is 5.54 Å². The van der Waals surface area contributed by atoms with Crippen molar-refractivity contribution < 1.29 is 37.1 Å². The zero-order valence-corrected chi connectivity index (χ0v) is 22.5. The van der Waals surface area contributed by atoms with E-state index in [0.717, 1.165) is 21.6 Å². The normalized spacial score (nSPS) is 23.7. The van der Waals surface area contributed by atoms with Gasteiger partial charge in [-0.25, -0.2) is 9.78 Å². The van der Waals surface area contributed by atoms with E-state index in [9.17, 15) is 32.3 Å². The van der Waals surface area contributed by atoms with Crippen molar-refractivity contribution >= 4 is 35.3 Å². The summed E-state index contributed by atoms with van der Waals surface area (Å²) in [4.78, 5) is 58.7. The summed E-state index contributed by atoms with van der Waals surface area (Å²) in [6, 6.07) is 14.0. The predicted molar refractivity (Wildman–Crippen MR) is 145 cm³/mol. The number of imide groups is 1. The third-order valence-electron chi connectivity index (χ3n) is 8.68. The number of carbonyl (C=O) groups is 4. The molecule has 4 heterocycles. The Kier molecular flexibility index (Phi) is 5.81. The minimum atomic E-state index is -4.83. The van der Waals surface area contributed by atoms with Crippen molar-refractivity contribution in [2.24, 2.45) is 0 Å². The molecule has 7 rings (SSSR count). The van der Waals surface area contributed by atoms with Crippen molar-refractivity contribution in [3.05, 3.63) is 83.0 Å². The largest absolute Gasteiger partial charge is 0.493 e. The third kappa shape index (κ3) is 4.05. The Hall–Kier alpha value is -4.94. The van der Waals surface area contributed by atoms with Gasteiger partial charge in [-0.3, -0.25) is 24.2 Å². The highest BCUT2D eigenvalue weighted by Gasteiger charge is 2.62. The van der Waals surface area contributed by atoms with Crippen LogP contribution in [0.25, 0.3) is 0 Å². The van der Waals surface area contributed by atoms with Gasteiger partial charge in [0.2, 0.25) is 11.8 Å². The lowest BCUT2D eigenvalue weighted by Crippen LogP contribution is -2.52. The van der Waals surface area contributed by atoms with Gasteiger partial charge in [-0.05, 0) is 48.2 Å². The second-order valence-electron chi connectivity index (χ2n) is 11.2. The minimum Gasteiger partial charge on any atom is -0.493 e. The number of nitrogens with one attached hydrogen (secondary N) is 2. The smallest absolute Gasteiger partial charge is 0.406 e. The lowest BCUT2D eigenvalue weighted by molar-refractivity contribution is -0.156. The number of alkyl halides is 3. The van der Waals surface area contributed by atoms with E-state index in [1.807, 2.05) is 12.1 Å². The highest BCUT2D eigenvalue weighted by Crippen LogP contribution is 2.48. The van der Waals surface area contributed by atoms with Crippen molar-refractivity contribution in [2.75, 3.05) is 30.3 Å². The number of benzene rings is 2. The lowest BCUT2D eigenvalue weighted by Gasteiger charge is -2.39. The van der Waals surface area contributed by atoms with Crippen LogP contribution in [0, 0.1) is 0 Å². The Labute approximate surface area is 242 Å². The topological polar surface area (TPSA) is 121 Å². The number of anilines is 2. The van der Waals surface area contributed by atoms with E-state index in [0.29, 0.717) is 24.3 Å². The first-order valence-corrected chi connectivity index (χ1v) is 13.6. The summed E-state index contributed by atoms with van der Waals surface area (Å²) in [5.74, 6) is -1.10. The van der Waals surface area contributed by atoms with Gasteiger partial charge in [-0.1, -0.05) is 30.3 Å². The van der Waals surface area contributed by atoms with Crippen LogP contribution in [0.4, 0.5) is 29.5 Å². The summed E-state index contributed by atoms with van der Waals surface area (Å²) in [5.41, 5.74) is 0.581. The standard InChI is InChI=1S/C30H24F3N5O5/c31-30(32,33)16-37-26(41)29(9-11-43-22-6-2-1-4-20(22)29)38(27(37)42)15-23(39)35-19-8-7-17-13-28(14-18(17)12-19)21-5-3-10-34-24(21)36-25(28)40/h1-8,10,12H,9,11,13-16H2,(H,35,39)(H,34,36,40)/t28-,29?/m1/s1. The maximum absolute atomic E-state index is 13.6. The first-order valence-electron chi connectivity index (χ1n) is 13.6. The summed E-state index contributed by atoms with van der Waals surface area (Å²) in [5, 5.41) is 5.57. The molecule has 43 heavy (non-hydrogen) atoms. The molecule has 2 aromatic carbocycles. The Balaban J connectivity index is 1.16. The molecule has 1 aliphatic carbocycles. The van der Waals surface area contributed by atoms with Crippen molar-refractivity contribution in [3.8, 4) is 5.75 Å². The second-order valence-corrected chi connectivity index (χ2v) is 11.2. The zero-order valence-electron chi connectivity index (χ0n) is 22.5. The number of ether oxygens (including phenoxy) is 1. The maximum atomic E-state index is 13.6. The quantitative estimate of drug-likeness (QED) is 0.448. The van der Waals surface area contributed by atoms with Gasteiger partial charge in [0.25, 0.3) is 5.91 Å². The van der Waals surface area contributed by atoms with Crippen molar-refractivity contribution in [2.45, 2.75) is 36.4 Å². The molecule has 1 aromatic heterocycles. The molecule has 10 nitrogen and oxygen atoms in total. The number of amides is 5. The number of pyridine rings is 1. The number of carbonyl (C=O) groups excluding carboxylic acids is 4. The molecule has 4 aliphatic rings. The Morgan fingerprint density at radius 3 is 2.60 bits per heavy atom. The van der Waals surface area contributed by atoms with Gasteiger partial charge in [-0.2, -0.15) is 13.2 Å². The monoisotopic (exact) mass is 591 g/mol. The number of halogens is 3. The van der Waals surface area contributed by atoms with E-state index < -0.39 is 48.1 Å². The van der Waals surface area contributed by atoms with E-state index in [1.165, 1.54) is 6.07 Å². The number of nitrogens with zero attached hydrogens (tertiary/aromatic N) is 3. The molecule has 0 radical (unpaired) electrons. The molecule has 1 saturated heterocycles. The van der Waals surface area contributed by atoms with Crippen LogP contribution in [0.15, 0.2) is 60.8 Å².